The van der Waals surface area contributed by atoms with Gasteiger partial charge in [-0.15, -0.1) is 0 Å². The molecule has 2 atom stereocenters. The molecule has 0 saturated carbocycles. The number of rotatable bonds is 59. The summed E-state index contributed by atoms with van der Waals surface area (Å²) in [5.74, 6) is -0.869. The van der Waals surface area contributed by atoms with E-state index in [0.29, 0.717) is 12.8 Å². The molecule has 0 heterocycles. The first-order valence-electron chi connectivity index (χ1n) is 32.9. The minimum Gasteiger partial charge on any atom is -0.462 e. The lowest BCUT2D eigenvalue weighted by molar-refractivity contribution is -0.161. The molecule has 0 spiro atoms. The molecule has 9 nitrogen and oxygen atoms in total. The van der Waals surface area contributed by atoms with Crippen LogP contribution in [0.1, 0.15) is 232 Å². The van der Waals surface area contributed by atoms with Gasteiger partial charge in [0.05, 0.1) is 13.2 Å². The third-order valence-corrected chi connectivity index (χ3v) is 14.0. The second-order valence-electron chi connectivity index (χ2n) is 20.9. The van der Waals surface area contributed by atoms with Crippen molar-refractivity contribution in [3.8, 4) is 0 Å². The van der Waals surface area contributed by atoms with Crippen molar-refractivity contribution in [1.29, 1.82) is 0 Å². The average molecular weight is 1190 g/mol. The Morgan fingerprint density at radius 3 is 0.906 bits per heavy atom. The van der Waals surface area contributed by atoms with Crippen molar-refractivity contribution in [2.24, 2.45) is 5.73 Å². The number of carbonyl (C=O) groups excluding carboxylic acids is 2. The molecule has 0 aliphatic rings. The molecule has 0 aliphatic carbocycles. The van der Waals surface area contributed by atoms with E-state index >= 15 is 0 Å². The fourth-order valence-corrected chi connectivity index (χ4v) is 8.96. The number of allylic oxidation sites excluding steroid dienone is 32. The Labute approximate surface area is 519 Å². The number of unbranched alkanes of at least 4 members (excludes halogenated alkanes) is 14. The molecule has 0 bridgehead atoms. The predicted octanol–water partition coefficient (Wildman–Crippen LogP) is 21.7. The number of hydrogen-bond acceptors (Lipinski definition) is 8. The van der Waals surface area contributed by atoms with Gasteiger partial charge in [0.15, 0.2) is 6.10 Å². The molecule has 85 heavy (non-hydrogen) atoms. The summed E-state index contributed by atoms with van der Waals surface area (Å²) in [6, 6.07) is 0. The lowest BCUT2D eigenvalue weighted by Gasteiger charge is -2.19. The van der Waals surface area contributed by atoms with Gasteiger partial charge < -0.3 is 20.1 Å². The number of hydrogen-bond donors (Lipinski definition) is 2. The van der Waals surface area contributed by atoms with E-state index in [0.717, 1.165) is 167 Å². The molecular formula is C75H118NO8P. The van der Waals surface area contributed by atoms with Crippen LogP contribution >= 0.6 is 7.82 Å². The first-order chi connectivity index (χ1) is 41.8. The van der Waals surface area contributed by atoms with E-state index in [1.165, 1.54) is 25.7 Å². The van der Waals surface area contributed by atoms with Crippen LogP contribution in [0, 0.1) is 0 Å². The molecule has 476 valence electrons. The van der Waals surface area contributed by atoms with Crippen molar-refractivity contribution in [3.05, 3.63) is 194 Å². The summed E-state index contributed by atoms with van der Waals surface area (Å²) in [5.41, 5.74) is 5.39. The first kappa shape index (κ1) is 79.8. The molecule has 0 fully saturated rings. The second-order valence-corrected chi connectivity index (χ2v) is 22.3. The maximum Gasteiger partial charge on any atom is 0.472 e. The molecule has 0 amide bonds. The first-order valence-corrected chi connectivity index (χ1v) is 34.4. The zero-order chi connectivity index (χ0) is 61.6. The molecule has 0 aromatic carbocycles. The van der Waals surface area contributed by atoms with Gasteiger partial charge in [-0.25, -0.2) is 4.57 Å². The summed E-state index contributed by atoms with van der Waals surface area (Å²) in [5, 5.41) is 0. The highest BCUT2D eigenvalue weighted by Crippen LogP contribution is 2.43. The van der Waals surface area contributed by atoms with Crippen LogP contribution in [0.5, 0.6) is 0 Å². The van der Waals surface area contributed by atoms with Crippen LogP contribution in [-0.4, -0.2) is 49.3 Å². The van der Waals surface area contributed by atoms with Crippen molar-refractivity contribution in [2.45, 2.75) is 238 Å². The van der Waals surface area contributed by atoms with E-state index < -0.39 is 32.5 Å². The lowest BCUT2D eigenvalue weighted by atomic mass is 10.1. The number of carbonyl (C=O) groups is 2. The highest BCUT2D eigenvalue weighted by molar-refractivity contribution is 7.47. The summed E-state index contributed by atoms with van der Waals surface area (Å²) in [4.78, 5) is 35.3. The molecule has 2 unspecified atom stereocenters. The fraction of sp³-hybridized carbons (Fsp3) is 0.547. The van der Waals surface area contributed by atoms with E-state index in [9.17, 15) is 19.0 Å². The summed E-state index contributed by atoms with van der Waals surface area (Å²) in [7, 11) is -4.41. The van der Waals surface area contributed by atoms with Gasteiger partial charge in [0.1, 0.15) is 6.61 Å². The Kier molecular flexibility index (Phi) is 63.9. The van der Waals surface area contributed by atoms with Crippen LogP contribution in [0.25, 0.3) is 0 Å². The standard InChI is InChI=1S/C75H118NO8P/c1-3-5-7-9-11-13-15-17-19-21-23-25-27-29-30-31-32-33-34-35-36-37-38-39-40-41-42-44-46-48-50-52-54-56-58-60-62-64-66-68-75(78)84-73(72-83-85(79,80)82-70-69-76)71-81-74(77)67-65-63-61-59-57-55-53-51-49-47-45-43-28-26-24-22-20-18-16-14-12-10-8-6-4-2/h5-8,11-14,17-20,23-26,29-30,32-33,35-36,38-39,41-43,45-46,48-49,51,73H,3-4,9-10,15-16,21-22,27-28,31,34,37,40,44,47,50,52-72,76H2,1-2H3,(H,79,80)/b7-5-,8-6-,13-11-,14-12-,19-17-,20-18-,25-23-,26-24-,30-29-,33-32-,36-35-,39-38-,42-41-,45-43-,48-46-,51-49-. The van der Waals surface area contributed by atoms with Gasteiger partial charge in [0.25, 0.3) is 0 Å². The van der Waals surface area contributed by atoms with E-state index in [1.54, 1.807) is 0 Å². The lowest BCUT2D eigenvalue weighted by Crippen LogP contribution is -2.29. The van der Waals surface area contributed by atoms with Gasteiger partial charge in [-0.3, -0.25) is 18.6 Å². The summed E-state index contributed by atoms with van der Waals surface area (Å²) in [6.07, 6.45) is 104. The smallest absolute Gasteiger partial charge is 0.462 e. The van der Waals surface area contributed by atoms with Crippen molar-refractivity contribution < 1.29 is 37.6 Å². The van der Waals surface area contributed by atoms with E-state index in [4.69, 9.17) is 24.3 Å². The highest BCUT2D eigenvalue weighted by Gasteiger charge is 2.26. The molecule has 3 N–H and O–H groups in total. The van der Waals surface area contributed by atoms with Gasteiger partial charge >= 0.3 is 19.8 Å². The number of ether oxygens (including phenoxy) is 2. The zero-order valence-electron chi connectivity index (χ0n) is 53.3. The van der Waals surface area contributed by atoms with Crippen LogP contribution in [-0.2, 0) is 32.7 Å². The van der Waals surface area contributed by atoms with Crippen LogP contribution in [0.4, 0.5) is 0 Å². The Morgan fingerprint density at radius 1 is 0.353 bits per heavy atom. The molecular weight excluding hydrogens is 1070 g/mol. The number of phosphoric ester groups is 1. The molecule has 0 aliphatic heterocycles. The SMILES string of the molecule is CC/C=C\C/C=C\C/C=C\C/C=C\C/C=C\C/C=C\C/C=C\C/C=C\C/C=C\C/C=C\CCCCCCCCCCC(=O)OC(COC(=O)CCCCCCCC/C=C\C/C=C\C/C=C\C/C=C\C/C=C\C/C=C\CC)COP(=O)(O)OCCN. The van der Waals surface area contributed by atoms with E-state index in [2.05, 4.69) is 208 Å². The largest absolute Gasteiger partial charge is 0.472 e. The number of esters is 2. The maximum absolute atomic E-state index is 12.8. The predicted molar refractivity (Wildman–Crippen MR) is 366 cm³/mol. The van der Waals surface area contributed by atoms with Gasteiger partial charge in [-0.05, 0) is 141 Å². The van der Waals surface area contributed by atoms with Crippen LogP contribution in [0.2, 0.25) is 0 Å². The Balaban J connectivity index is 4.05. The van der Waals surface area contributed by atoms with Crippen molar-refractivity contribution >= 4 is 19.8 Å². The van der Waals surface area contributed by atoms with Crippen molar-refractivity contribution in [1.82, 2.24) is 0 Å². The summed E-state index contributed by atoms with van der Waals surface area (Å²) >= 11 is 0. The molecule has 10 heteroatoms. The zero-order valence-corrected chi connectivity index (χ0v) is 54.1. The minimum atomic E-state index is -4.41. The molecule has 0 saturated heterocycles. The molecule has 0 rings (SSSR count). The summed E-state index contributed by atoms with van der Waals surface area (Å²) in [6.45, 7) is 3.46. The normalized spacial score (nSPS) is 14.3. The third kappa shape index (κ3) is 67.8. The molecule has 0 aromatic rings. The fourth-order valence-electron chi connectivity index (χ4n) is 8.20. The third-order valence-electron chi connectivity index (χ3n) is 13.0. The minimum absolute atomic E-state index is 0.0389. The van der Waals surface area contributed by atoms with Gasteiger partial charge in [-0.1, -0.05) is 272 Å². The van der Waals surface area contributed by atoms with Gasteiger partial charge in [-0.2, -0.15) is 0 Å². The number of phosphoric acid groups is 1. The van der Waals surface area contributed by atoms with Gasteiger partial charge in [0.2, 0.25) is 0 Å². The van der Waals surface area contributed by atoms with Crippen molar-refractivity contribution in [3.63, 3.8) is 0 Å². The van der Waals surface area contributed by atoms with Crippen molar-refractivity contribution in [2.75, 3.05) is 26.4 Å². The Hall–Kier alpha value is -5.15. The van der Waals surface area contributed by atoms with E-state index in [-0.39, 0.29) is 32.6 Å². The van der Waals surface area contributed by atoms with Crippen LogP contribution in [0.3, 0.4) is 0 Å². The molecule has 0 radical (unpaired) electrons. The van der Waals surface area contributed by atoms with Gasteiger partial charge in [0, 0.05) is 19.4 Å². The molecule has 0 aromatic heterocycles. The maximum atomic E-state index is 12.8. The van der Waals surface area contributed by atoms with Crippen LogP contribution < -0.4 is 5.73 Å². The quantitative estimate of drug-likeness (QED) is 0.0264. The second kappa shape index (κ2) is 68.0. The Bertz CT molecular complexity index is 2090. The topological polar surface area (TPSA) is 134 Å². The summed E-state index contributed by atoms with van der Waals surface area (Å²) < 4.78 is 33.1. The highest BCUT2D eigenvalue weighted by atomic mass is 31.2. The van der Waals surface area contributed by atoms with Crippen LogP contribution in [0.15, 0.2) is 194 Å². The number of nitrogens with two attached hydrogens (primary N) is 1. The average Bonchev–Trinajstić information content (AvgIpc) is 3.53. The van der Waals surface area contributed by atoms with E-state index in [1.807, 2.05) is 0 Å². The monoisotopic (exact) mass is 1190 g/mol. The Morgan fingerprint density at radius 2 is 0.612 bits per heavy atom.